The fourth-order valence-electron chi connectivity index (χ4n) is 3.32. The molecule has 0 aromatic carbocycles. The zero-order valence-corrected chi connectivity index (χ0v) is 11.5. The number of hydrogen-bond acceptors (Lipinski definition) is 2. The summed E-state index contributed by atoms with van der Waals surface area (Å²) < 4.78 is 0. The predicted octanol–water partition coefficient (Wildman–Crippen LogP) is 2.46. The van der Waals surface area contributed by atoms with Crippen molar-refractivity contribution in [3.05, 3.63) is 0 Å². The highest BCUT2D eigenvalue weighted by Gasteiger charge is 2.16. The summed E-state index contributed by atoms with van der Waals surface area (Å²) >= 11 is 0. The second kappa shape index (κ2) is 7.78. The molecule has 1 amide bonds. The molecule has 1 aliphatic carbocycles. The van der Waals surface area contributed by atoms with Gasteiger partial charge in [-0.2, -0.15) is 0 Å². The van der Waals surface area contributed by atoms with Gasteiger partial charge in [-0.05, 0) is 50.6 Å². The van der Waals surface area contributed by atoms with E-state index in [4.69, 9.17) is 0 Å². The van der Waals surface area contributed by atoms with E-state index in [-0.39, 0.29) is 5.91 Å². The molecule has 0 aromatic rings. The second-order valence-electron chi connectivity index (χ2n) is 6.04. The van der Waals surface area contributed by atoms with Crippen LogP contribution in [0, 0.1) is 11.8 Å². The van der Waals surface area contributed by atoms with Crippen LogP contribution in [0.25, 0.3) is 0 Å². The maximum Gasteiger partial charge on any atom is 0.219 e. The maximum atomic E-state index is 11.7. The number of carbonyl (C=O) groups excluding carboxylic acids is 1. The van der Waals surface area contributed by atoms with E-state index >= 15 is 0 Å². The molecule has 0 bridgehead atoms. The first kappa shape index (κ1) is 13.9. The second-order valence-corrected chi connectivity index (χ2v) is 6.04. The lowest BCUT2D eigenvalue weighted by molar-refractivity contribution is -0.121. The van der Waals surface area contributed by atoms with Crippen LogP contribution in [0.4, 0.5) is 0 Å². The predicted molar refractivity (Wildman–Crippen MR) is 74.4 cm³/mol. The molecule has 0 aromatic heterocycles. The third-order valence-electron chi connectivity index (χ3n) is 4.53. The third-order valence-corrected chi connectivity index (χ3v) is 4.53. The summed E-state index contributed by atoms with van der Waals surface area (Å²) in [7, 11) is 0. The number of amides is 1. The lowest BCUT2D eigenvalue weighted by atomic mass is 10.0. The molecular weight excluding hydrogens is 224 g/mol. The molecule has 0 radical (unpaired) electrons. The minimum Gasteiger partial charge on any atom is -0.356 e. The van der Waals surface area contributed by atoms with E-state index in [0.717, 1.165) is 50.7 Å². The van der Waals surface area contributed by atoms with Crippen molar-refractivity contribution in [1.29, 1.82) is 0 Å². The average Bonchev–Trinajstić information content (AvgIpc) is 3.01. The summed E-state index contributed by atoms with van der Waals surface area (Å²) in [4.78, 5) is 11.7. The van der Waals surface area contributed by atoms with Crippen LogP contribution in [0.1, 0.15) is 57.8 Å². The molecule has 18 heavy (non-hydrogen) atoms. The Bertz CT molecular complexity index is 219. The molecule has 3 heteroatoms. The standard InChI is InChI=1S/C15H28N2O/c18-15(7-3-6-13-4-1-2-5-13)17-11-9-14-8-10-16-12-14/h13-14,16H,1-12H2,(H,17,18). The Labute approximate surface area is 111 Å². The van der Waals surface area contributed by atoms with Crippen molar-refractivity contribution in [2.75, 3.05) is 19.6 Å². The van der Waals surface area contributed by atoms with E-state index < -0.39 is 0 Å². The molecule has 1 heterocycles. The van der Waals surface area contributed by atoms with Crippen LogP contribution in [0.3, 0.4) is 0 Å². The van der Waals surface area contributed by atoms with Crippen LogP contribution < -0.4 is 10.6 Å². The Balaban J connectivity index is 1.44. The van der Waals surface area contributed by atoms with Gasteiger partial charge in [0.2, 0.25) is 5.91 Å². The summed E-state index contributed by atoms with van der Waals surface area (Å²) in [6.45, 7) is 3.16. The number of rotatable bonds is 7. The topological polar surface area (TPSA) is 41.1 Å². The van der Waals surface area contributed by atoms with Gasteiger partial charge in [0.1, 0.15) is 0 Å². The van der Waals surface area contributed by atoms with Crippen LogP contribution >= 0.6 is 0 Å². The molecule has 1 saturated carbocycles. The Hall–Kier alpha value is -0.570. The van der Waals surface area contributed by atoms with Crippen molar-refractivity contribution >= 4 is 5.91 Å². The van der Waals surface area contributed by atoms with Crippen LogP contribution in [0.5, 0.6) is 0 Å². The summed E-state index contributed by atoms with van der Waals surface area (Å²) in [6.07, 6.45) is 11.1. The zero-order chi connectivity index (χ0) is 12.6. The molecule has 1 atom stereocenters. The van der Waals surface area contributed by atoms with Gasteiger partial charge in [0.25, 0.3) is 0 Å². The first-order valence-electron chi connectivity index (χ1n) is 7.82. The van der Waals surface area contributed by atoms with Crippen LogP contribution in [-0.2, 0) is 4.79 Å². The van der Waals surface area contributed by atoms with Gasteiger partial charge in [-0.25, -0.2) is 0 Å². The Morgan fingerprint density at radius 1 is 1.11 bits per heavy atom. The smallest absolute Gasteiger partial charge is 0.219 e. The van der Waals surface area contributed by atoms with Crippen molar-refractivity contribution in [2.45, 2.75) is 57.8 Å². The van der Waals surface area contributed by atoms with Crippen molar-refractivity contribution in [2.24, 2.45) is 11.8 Å². The van der Waals surface area contributed by atoms with Crippen molar-refractivity contribution in [3.8, 4) is 0 Å². The highest BCUT2D eigenvalue weighted by molar-refractivity contribution is 5.75. The van der Waals surface area contributed by atoms with Gasteiger partial charge in [-0.3, -0.25) is 4.79 Å². The van der Waals surface area contributed by atoms with E-state index in [1.807, 2.05) is 0 Å². The lowest BCUT2D eigenvalue weighted by Gasteiger charge is -2.10. The monoisotopic (exact) mass is 252 g/mol. The molecule has 2 rings (SSSR count). The molecular formula is C15H28N2O. The zero-order valence-electron chi connectivity index (χ0n) is 11.5. The van der Waals surface area contributed by atoms with Crippen LogP contribution in [0.15, 0.2) is 0 Å². The molecule has 0 spiro atoms. The van der Waals surface area contributed by atoms with Gasteiger partial charge < -0.3 is 10.6 Å². The van der Waals surface area contributed by atoms with Gasteiger partial charge in [-0.15, -0.1) is 0 Å². The average molecular weight is 252 g/mol. The lowest BCUT2D eigenvalue weighted by Crippen LogP contribution is -2.26. The Kier molecular flexibility index (Phi) is 5.98. The molecule has 2 aliphatic rings. The molecule has 104 valence electrons. The number of nitrogens with one attached hydrogen (secondary N) is 2. The van der Waals surface area contributed by atoms with Crippen molar-refractivity contribution < 1.29 is 4.79 Å². The minimum absolute atomic E-state index is 0.263. The minimum atomic E-state index is 0.263. The number of hydrogen-bond donors (Lipinski definition) is 2. The van der Waals surface area contributed by atoms with Gasteiger partial charge in [-0.1, -0.05) is 25.7 Å². The van der Waals surface area contributed by atoms with E-state index in [1.54, 1.807) is 0 Å². The molecule has 1 saturated heterocycles. The first-order valence-corrected chi connectivity index (χ1v) is 7.82. The molecule has 2 fully saturated rings. The summed E-state index contributed by atoms with van der Waals surface area (Å²) in [6, 6.07) is 0. The summed E-state index contributed by atoms with van der Waals surface area (Å²) in [5, 5.41) is 6.43. The first-order chi connectivity index (χ1) is 8.84. The summed E-state index contributed by atoms with van der Waals surface area (Å²) in [5.74, 6) is 1.96. The molecule has 2 N–H and O–H groups in total. The SMILES string of the molecule is O=C(CCCC1CCCC1)NCCC1CCNC1. The van der Waals surface area contributed by atoms with E-state index in [2.05, 4.69) is 10.6 Å². The van der Waals surface area contributed by atoms with E-state index in [1.165, 1.54) is 38.5 Å². The molecule has 1 unspecified atom stereocenters. The Morgan fingerprint density at radius 2 is 1.94 bits per heavy atom. The highest BCUT2D eigenvalue weighted by atomic mass is 16.1. The maximum absolute atomic E-state index is 11.7. The van der Waals surface area contributed by atoms with Gasteiger partial charge in [0, 0.05) is 13.0 Å². The highest BCUT2D eigenvalue weighted by Crippen LogP contribution is 2.28. The number of carbonyl (C=O) groups is 1. The Morgan fingerprint density at radius 3 is 2.67 bits per heavy atom. The largest absolute Gasteiger partial charge is 0.356 e. The van der Waals surface area contributed by atoms with Gasteiger partial charge in [0.15, 0.2) is 0 Å². The fourth-order valence-corrected chi connectivity index (χ4v) is 3.32. The molecule has 3 nitrogen and oxygen atoms in total. The van der Waals surface area contributed by atoms with E-state index in [9.17, 15) is 4.79 Å². The van der Waals surface area contributed by atoms with Crippen molar-refractivity contribution in [3.63, 3.8) is 0 Å². The summed E-state index contributed by atoms with van der Waals surface area (Å²) in [5.41, 5.74) is 0. The fraction of sp³-hybridized carbons (Fsp3) is 0.933. The van der Waals surface area contributed by atoms with Gasteiger partial charge in [0.05, 0.1) is 0 Å². The van der Waals surface area contributed by atoms with Crippen LogP contribution in [-0.4, -0.2) is 25.5 Å². The van der Waals surface area contributed by atoms with E-state index in [0.29, 0.717) is 0 Å². The quantitative estimate of drug-likeness (QED) is 0.731. The molecule has 1 aliphatic heterocycles. The normalized spacial score (nSPS) is 24.6. The third kappa shape index (κ3) is 4.97. The van der Waals surface area contributed by atoms with Crippen molar-refractivity contribution in [1.82, 2.24) is 10.6 Å². The van der Waals surface area contributed by atoms with Gasteiger partial charge >= 0.3 is 0 Å². The van der Waals surface area contributed by atoms with Crippen LogP contribution in [0.2, 0.25) is 0 Å².